The van der Waals surface area contributed by atoms with Gasteiger partial charge >= 0.3 is 0 Å². The van der Waals surface area contributed by atoms with Gasteiger partial charge in [-0.2, -0.15) is 0 Å². The van der Waals surface area contributed by atoms with E-state index in [4.69, 9.17) is 4.98 Å². The van der Waals surface area contributed by atoms with Crippen molar-refractivity contribution in [3.8, 4) is 0 Å². The van der Waals surface area contributed by atoms with Gasteiger partial charge in [-0.05, 0) is 19.8 Å². The van der Waals surface area contributed by atoms with Gasteiger partial charge in [-0.15, -0.1) is 0 Å². The third-order valence-electron chi connectivity index (χ3n) is 9.85. The Morgan fingerprint density at radius 3 is 0.689 bits per heavy atom. The first-order chi connectivity index (χ1) is 22.3. The maximum absolute atomic E-state index is 4.83. The molecule has 1 rings (SSSR count). The Morgan fingerprint density at radius 2 is 0.467 bits per heavy atom. The summed E-state index contributed by atoms with van der Waals surface area (Å²) in [5.41, 5.74) is 0. The van der Waals surface area contributed by atoms with Crippen molar-refractivity contribution in [2.45, 2.75) is 252 Å². The Balaban J connectivity index is 1.89. The van der Waals surface area contributed by atoms with Crippen LogP contribution in [0.25, 0.3) is 0 Å². The molecule has 0 radical (unpaired) electrons. The molecule has 3 heteroatoms. The molecule has 264 valence electrons. The number of nitrogens with zero attached hydrogens (tertiary/aromatic N) is 3. The molecule has 0 saturated carbocycles. The molecule has 0 aliphatic carbocycles. The van der Waals surface area contributed by atoms with E-state index in [-0.39, 0.29) is 0 Å². The fraction of sp³-hybridized carbons (Fsp3) is 0.929. The van der Waals surface area contributed by atoms with E-state index in [1.54, 1.807) is 0 Å². The largest absolute Gasteiger partial charge is 0.218 e. The van der Waals surface area contributed by atoms with Crippen molar-refractivity contribution in [2.75, 3.05) is 0 Å². The van der Waals surface area contributed by atoms with E-state index >= 15 is 0 Å². The monoisotopic (exact) mass is 628 g/mol. The molecule has 0 amide bonds. The van der Waals surface area contributed by atoms with Crippen LogP contribution < -0.4 is 0 Å². The zero-order chi connectivity index (χ0) is 32.3. The van der Waals surface area contributed by atoms with Gasteiger partial charge in [0.1, 0.15) is 17.5 Å². The summed E-state index contributed by atoms with van der Waals surface area (Å²) in [5.74, 6) is 2.98. The van der Waals surface area contributed by atoms with Gasteiger partial charge in [-0.1, -0.05) is 219 Å². The van der Waals surface area contributed by atoms with Crippen LogP contribution >= 0.6 is 0 Å². The highest BCUT2D eigenvalue weighted by atomic mass is 15.0. The smallest absolute Gasteiger partial charge is 0.132 e. The van der Waals surface area contributed by atoms with E-state index in [0.29, 0.717) is 0 Å². The lowest BCUT2D eigenvalue weighted by atomic mass is 10.0. The SMILES string of the molecule is CCCCCCCCCCCCCCCCCCCc1nc(C)nc(CCCCCCCCCCCCCCCCCCC)n1. The molecular weight excluding hydrogens is 546 g/mol. The van der Waals surface area contributed by atoms with Crippen LogP contribution in [0.1, 0.15) is 250 Å². The number of hydrogen-bond donors (Lipinski definition) is 0. The van der Waals surface area contributed by atoms with Crippen LogP contribution in [0.3, 0.4) is 0 Å². The van der Waals surface area contributed by atoms with Crippen molar-refractivity contribution in [1.29, 1.82) is 0 Å². The average molecular weight is 628 g/mol. The molecule has 45 heavy (non-hydrogen) atoms. The Bertz CT molecular complexity index is 662. The molecule has 0 saturated heterocycles. The molecule has 0 spiro atoms. The highest BCUT2D eigenvalue weighted by molar-refractivity contribution is 4.96. The number of aryl methyl sites for hydroxylation is 3. The fourth-order valence-corrected chi connectivity index (χ4v) is 6.84. The summed E-state index contributed by atoms with van der Waals surface area (Å²) in [7, 11) is 0. The Hall–Kier alpha value is -0.990. The van der Waals surface area contributed by atoms with Crippen molar-refractivity contribution in [2.24, 2.45) is 0 Å². The number of unbranched alkanes of at least 4 members (excludes halogenated alkanes) is 32. The van der Waals surface area contributed by atoms with E-state index in [1.165, 1.54) is 218 Å². The quantitative estimate of drug-likeness (QED) is 0.0695. The van der Waals surface area contributed by atoms with Crippen LogP contribution in [0.15, 0.2) is 0 Å². The highest BCUT2D eigenvalue weighted by Gasteiger charge is 2.05. The van der Waals surface area contributed by atoms with Gasteiger partial charge in [0.05, 0.1) is 0 Å². The van der Waals surface area contributed by atoms with Crippen molar-refractivity contribution in [3.05, 3.63) is 17.5 Å². The molecule has 0 atom stereocenters. The summed E-state index contributed by atoms with van der Waals surface area (Å²) >= 11 is 0. The normalized spacial score (nSPS) is 11.5. The van der Waals surface area contributed by atoms with Gasteiger partial charge in [0.15, 0.2) is 0 Å². The molecule has 0 aliphatic rings. The second kappa shape index (κ2) is 34.3. The summed E-state index contributed by atoms with van der Waals surface area (Å²) in [6.07, 6.45) is 50.2. The summed E-state index contributed by atoms with van der Waals surface area (Å²) in [5, 5.41) is 0. The van der Waals surface area contributed by atoms with Crippen LogP contribution in [0.4, 0.5) is 0 Å². The van der Waals surface area contributed by atoms with Crippen LogP contribution in [0.2, 0.25) is 0 Å². The van der Waals surface area contributed by atoms with Gasteiger partial charge < -0.3 is 0 Å². The molecule has 0 N–H and O–H groups in total. The maximum Gasteiger partial charge on any atom is 0.132 e. The molecule has 0 bridgehead atoms. The fourth-order valence-electron chi connectivity index (χ4n) is 6.84. The lowest BCUT2D eigenvalue weighted by molar-refractivity contribution is 0.525. The highest BCUT2D eigenvalue weighted by Crippen LogP contribution is 2.16. The zero-order valence-electron chi connectivity index (χ0n) is 31.3. The minimum atomic E-state index is 0.911. The lowest BCUT2D eigenvalue weighted by Crippen LogP contribution is -2.06. The van der Waals surface area contributed by atoms with Gasteiger partial charge in [0.25, 0.3) is 0 Å². The van der Waals surface area contributed by atoms with E-state index < -0.39 is 0 Å². The van der Waals surface area contributed by atoms with Gasteiger partial charge in [0, 0.05) is 12.8 Å². The van der Waals surface area contributed by atoms with Crippen molar-refractivity contribution >= 4 is 0 Å². The minimum absolute atomic E-state index is 0.911. The third kappa shape index (κ3) is 30.1. The number of hydrogen-bond acceptors (Lipinski definition) is 3. The van der Waals surface area contributed by atoms with Crippen molar-refractivity contribution in [1.82, 2.24) is 15.0 Å². The summed E-state index contributed by atoms with van der Waals surface area (Å²) in [6.45, 7) is 6.64. The molecule has 3 nitrogen and oxygen atoms in total. The molecular formula is C42H81N3. The van der Waals surface area contributed by atoms with Crippen LogP contribution in [0.5, 0.6) is 0 Å². The predicted molar refractivity (Wildman–Crippen MR) is 200 cm³/mol. The molecule has 0 aromatic carbocycles. The zero-order valence-corrected chi connectivity index (χ0v) is 31.3. The maximum atomic E-state index is 4.83. The third-order valence-corrected chi connectivity index (χ3v) is 9.85. The van der Waals surface area contributed by atoms with E-state index in [2.05, 4.69) is 23.8 Å². The molecule has 1 aromatic heterocycles. The van der Waals surface area contributed by atoms with Gasteiger partial charge in [-0.3, -0.25) is 0 Å². The summed E-state index contributed by atoms with van der Waals surface area (Å²) in [6, 6.07) is 0. The molecule has 1 aromatic rings. The second-order valence-electron chi connectivity index (χ2n) is 14.5. The van der Waals surface area contributed by atoms with E-state index in [0.717, 1.165) is 30.3 Å². The van der Waals surface area contributed by atoms with E-state index in [1.807, 2.05) is 6.92 Å². The Labute approximate surface area is 283 Å². The number of rotatable bonds is 36. The average Bonchev–Trinajstić information content (AvgIpc) is 3.03. The Kier molecular flexibility index (Phi) is 32.1. The van der Waals surface area contributed by atoms with Crippen LogP contribution in [-0.4, -0.2) is 15.0 Å². The summed E-state index contributed by atoms with van der Waals surface area (Å²) in [4.78, 5) is 14.1. The lowest BCUT2D eigenvalue weighted by Gasteiger charge is -2.06. The van der Waals surface area contributed by atoms with Crippen LogP contribution in [-0.2, 0) is 12.8 Å². The first kappa shape index (κ1) is 42.0. The summed E-state index contributed by atoms with van der Waals surface area (Å²) < 4.78 is 0. The first-order valence-corrected chi connectivity index (χ1v) is 21.0. The first-order valence-electron chi connectivity index (χ1n) is 21.0. The van der Waals surface area contributed by atoms with Gasteiger partial charge in [0.2, 0.25) is 0 Å². The standard InChI is InChI=1S/C42H81N3/c1-4-6-8-10-12-14-16-18-20-22-24-26-28-30-32-34-36-38-41-43-40(3)44-42(45-41)39-37-35-33-31-29-27-25-23-21-19-17-15-13-11-9-7-5-2/h4-39H2,1-3H3. The van der Waals surface area contributed by atoms with Crippen LogP contribution in [0, 0.1) is 6.92 Å². The van der Waals surface area contributed by atoms with Gasteiger partial charge in [-0.25, -0.2) is 15.0 Å². The molecule has 0 unspecified atom stereocenters. The van der Waals surface area contributed by atoms with E-state index in [9.17, 15) is 0 Å². The predicted octanol–water partition coefficient (Wildman–Crippen LogP) is 14.6. The molecule has 0 fully saturated rings. The van der Waals surface area contributed by atoms with Crippen molar-refractivity contribution in [3.63, 3.8) is 0 Å². The van der Waals surface area contributed by atoms with Crippen molar-refractivity contribution < 1.29 is 0 Å². The Morgan fingerprint density at radius 1 is 0.267 bits per heavy atom. The minimum Gasteiger partial charge on any atom is -0.218 e. The second-order valence-corrected chi connectivity index (χ2v) is 14.5. The molecule has 1 heterocycles. The molecule has 0 aliphatic heterocycles. The topological polar surface area (TPSA) is 38.7 Å². The number of aromatic nitrogens is 3.